The third-order valence-electron chi connectivity index (χ3n) is 3.01. The molecule has 2 N–H and O–H groups in total. The molecule has 0 saturated carbocycles. The van der Waals surface area contributed by atoms with E-state index >= 15 is 0 Å². The van der Waals surface area contributed by atoms with E-state index in [4.69, 9.17) is 5.11 Å². The number of carboxylic acid groups (broad SMARTS) is 1. The van der Waals surface area contributed by atoms with Crippen LogP contribution in [0.15, 0.2) is 30.3 Å². The van der Waals surface area contributed by atoms with Gasteiger partial charge in [-0.3, -0.25) is 4.79 Å². The maximum atomic E-state index is 12.1. The first-order chi connectivity index (χ1) is 8.91. The number of hydrogen-bond donors (Lipinski definition) is 2. The van der Waals surface area contributed by atoms with Crippen LogP contribution in [0.5, 0.6) is 0 Å². The monoisotopic (exact) mass is 263 g/mol. The van der Waals surface area contributed by atoms with E-state index in [1.165, 1.54) is 0 Å². The summed E-state index contributed by atoms with van der Waals surface area (Å²) in [5, 5.41) is 11.7. The third-order valence-corrected chi connectivity index (χ3v) is 3.01. The van der Waals surface area contributed by atoms with Gasteiger partial charge in [0.25, 0.3) is 0 Å². The van der Waals surface area contributed by atoms with Crippen molar-refractivity contribution < 1.29 is 14.7 Å². The van der Waals surface area contributed by atoms with Crippen molar-refractivity contribution in [2.75, 3.05) is 0 Å². The Labute approximate surface area is 113 Å². The van der Waals surface area contributed by atoms with Gasteiger partial charge in [0.1, 0.15) is 6.04 Å². The van der Waals surface area contributed by atoms with Crippen molar-refractivity contribution in [2.24, 2.45) is 5.92 Å². The molecule has 0 heterocycles. The number of carbonyl (C=O) groups is 2. The third kappa shape index (κ3) is 4.73. The Hall–Kier alpha value is -1.84. The minimum Gasteiger partial charge on any atom is -0.480 e. The quantitative estimate of drug-likeness (QED) is 0.828. The summed E-state index contributed by atoms with van der Waals surface area (Å²) in [5.41, 5.74) is 0.883. The average molecular weight is 263 g/mol. The summed E-state index contributed by atoms with van der Waals surface area (Å²) in [6.45, 7) is 5.64. The molecule has 0 fully saturated rings. The zero-order valence-corrected chi connectivity index (χ0v) is 11.6. The van der Waals surface area contributed by atoms with Crippen LogP contribution in [0.3, 0.4) is 0 Å². The second-order valence-corrected chi connectivity index (χ2v) is 5.16. The van der Waals surface area contributed by atoms with Crippen LogP contribution in [-0.2, 0) is 9.59 Å². The highest BCUT2D eigenvalue weighted by atomic mass is 16.4. The molecule has 1 amide bonds. The summed E-state index contributed by atoms with van der Waals surface area (Å²) in [4.78, 5) is 23.2. The van der Waals surface area contributed by atoms with Crippen LogP contribution < -0.4 is 5.32 Å². The summed E-state index contributed by atoms with van der Waals surface area (Å²) < 4.78 is 0. The largest absolute Gasteiger partial charge is 0.480 e. The molecule has 4 nitrogen and oxygen atoms in total. The number of rotatable bonds is 6. The molecule has 0 aliphatic rings. The SMILES string of the molecule is CC(C)CC(NC(=O)C(C)c1ccccc1)C(=O)O. The van der Waals surface area contributed by atoms with Crippen molar-refractivity contribution in [1.82, 2.24) is 5.32 Å². The van der Waals surface area contributed by atoms with Gasteiger partial charge in [0, 0.05) is 0 Å². The highest BCUT2D eigenvalue weighted by Gasteiger charge is 2.24. The number of aliphatic carboxylic acids is 1. The molecule has 104 valence electrons. The Morgan fingerprint density at radius 1 is 1.16 bits per heavy atom. The van der Waals surface area contributed by atoms with E-state index < -0.39 is 12.0 Å². The van der Waals surface area contributed by atoms with E-state index in [-0.39, 0.29) is 17.7 Å². The molecule has 0 bridgehead atoms. The van der Waals surface area contributed by atoms with Gasteiger partial charge in [0.05, 0.1) is 5.92 Å². The Bertz CT molecular complexity index is 428. The van der Waals surface area contributed by atoms with Crippen molar-refractivity contribution in [2.45, 2.75) is 39.2 Å². The van der Waals surface area contributed by atoms with Crippen LogP contribution in [-0.4, -0.2) is 23.0 Å². The van der Waals surface area contributed by atoms with Crippen LogP contribution in [0, 0.1) is 5.92 Å². The lowest BCUT2D eigenvalue weighted by Gasteiger charge is -2.19. The number of carbonyl (C=O) groups excluding carboxylic acids is 1. The van der Waals surface area contributed by atoms with Gasteiger partial charge in [-0.1, -0.05) is 44.2 Å². The van der Waals surface area contributed by atoms with E-state index in [1.54, 1.807) is 6.92 Å². The van der Waals surface area contributed by atoms with Crippen LogP contribution in [0.1, 0.15) is 38.7 Å². The van der Waals surface area contributed by atoms with Crippen molar-refractivity contribution >= 4 is 11.9 Å². The lowest BCUT2D eigenvalue weighted by atomic mass is 9.98. The molecule has 0 aromatic heterocycles. The first kappa shape index (κ1) is 15.2. The summed E-state index contributed by atoms with van der Waals surface area (Å²) in [5.74, 6) is -1.37. The Morgan fingerprint density at radius 3 is 2.21 bits per heavy atom. The maximum absolute atomic E-state index is 12.1. The highest BCUT2D eigenvalue weighted by molar-refractivity contribution is 5.87. The molecular formula is C15H21NO3. The van der Waals surface area contributed by atoms with Crippen molar-refractivity contribution in [1.29, 1.82) is 0 Å². The molecule has 0 spiro atoms. The number of benzene rings is 1. The molecule has 2 unspecified atom stereocenters. The first-order valence-corrected chi connectivity index (χ1v) is 6.50. The van der Waals surface area contributed by atoms with E-state index in [1.807, 2.05) is 44.2 Å². The molecule has 0 saturated heterocycles. The summed E-state index contributed by atoms with van der Waals surface area (Å²) >= 11 is 0. The average Bonchev–Trinajstić information content (AvgIpc) is 2.37. The Morgan fingerprint density at radius 2 is 1.74 bits per heavy atom. The summed E-state index contributed by atoms with van der Waals surface area (Å²) in [7, 11) is 0. The van der Waals surface area contributed by atoms with E-state index in [0.717, 1.165) is 5.56 Å². The van der Waals surface area contributed by atoms with Crippen molar-refractivity contribution in [3.05, 3.63) is 35.9 Å². The molecule has 1 rings (SSSR count). The molecule has 0 aliphatic carbocycles. The lowest BCUT2D eigenvalue weighted by molar-refractivity contribution is -0.142. The lowest BCUT2D eigenvalue weighted by Crippen LogP contribution is -2.43. The van der Waals surface area contributed by atoms with E-state index in [0.29, 0.717) is 6.42 Å². The van der Waals surface area contributed by atoms with Crippen LogP contribution in [0.2, 0.25) is 0 Å². The zero-order chi connectivity index (χ0) is 14.4. The number of nitrogens with one attached hydrogen (secondary N) is 1. The summed E-state index contributed by atoms with van der Waals surface area (Å²) in [6, 6.07) is 8.51. The maximum Gasteiger partial charge on any atom is 0.326 e. The zero-order valence-electron chi connectivity index (χ0n) is 11.6. The minimum absolute atomic E-state index is 0.216. The van der Waals surface area contributed by atoms with Gasteiger partial charge in [-0.15, -0.1) is 0 Å². The molecular weight excluding hydrogens is 242 g/mol. The molecule has 4 heteroatoms. The topological polar surface area (TPSA) is 66.4 Å². The van der Waals surface area contributed by atoms with Gasteiger partial charge in [0.2, 0.25) is 5.91 Å². The fourth-order valence-corrected chi connectivity index (χ4v) is 1.88. The number of amides is 1. The second-order valence-electron chi connectivity index (χ2n) is 5.16. The van der Waals surface area contributed by atoms with Crippen molar-refractivity contribution in [3.63, 3.8) is 0 Å². The van der Waals surface area contributed by atoms with Gasteiger partial charge in [-0.25, -0.2) is 4.79 Å². The van der Waals surface area contributed by atoms with Gasteiger partial charge >= 0.3 is 5.97 Å². The predicted molar refractivity (Wildman–Crippen MR) is 73.9 cm³/mol. The Balaban J connectivity index is 2.69. The minimum atomic E-state index is -0.984. The molecule has 1 aromatic carbocycles. The van der Waals surface area contributed by atoms with Gasteiger partial charge < -0.3 is 10.4 Å². The van der Waals surface area contributed by atoms with E-state index in [9.17, 15) is 9.59 Å². The molecule has 0 aliphatic heterocycles. The van der Waals surface area contributed by atoms with Crippen LogP contribution in [0.25, 0.3) is 0 Å². The smallest absolute Gasteiger partial charge is 0.326 e. The van der Waals surface area contributed by atoms with Gasteiger partial charge in [0.15, 0.2) is 0 Å². The van der Waals surface area contributed by atoms with Crippen molar-refractivity contribution in [3.8, 4) is 0 Å². The highest BCUT2D eigenvalue weighted by Crippen LogP contribution is 2.15. The first-order valence-electron chi connectivity index (χ1n) is 6.50. The van der Waals surface area contributed by atoms with Crippen LogP contribution >= 0.6 is 0 Å². The van der Waals surface area contributed by atoms with Crippen LogP contribution in [0.4, 0.5) is 0 Å². The van der Waals surface area contributed by atoms with Gasteiger partial charge in [-0.05, 0) is 24.8 Å². The summed E-state index contributed by atoms with van der Waals surface area (Å²) in [6.07, 6.45) is 0.433. The number of hydrogen-bond acceptors (Lipinski definition) is 2. The fraction of sp³-hybridized carbons (Fsp3) is 0.467. The fourth-order valence-electron chi connectivity index (χ4n) is 1.88. The molecule has 0 radical (unpaired) electrons. The van der Waals surface area contributed by atoms with E-state index in [2.05, 4.69) is 5.32 Å². The molecule has 2 atom stereocenters. The Kier molecular flexibility index (Phi) is 5.55. The molecule has 1 aromatic rings. The van der Waals surface area contributed by atoms with Gasteiger partial charge in [-0.2, -0.15) is 0 Å². The number of carboxylic acids is 1. The second kappa shape index (κ2) is 6.92. The predicted octanol–water partition coefficient (Wildman–Crippen LogP) is 2.41. The standard InChI is InChI=1S/C15H21NO3/c1-10(2)9-13(15(18)19)16-14(17)11(3)12-7-5-4-6-8-12/h4-8,10-11,13H,9H2,1-3H3,(H,16,17)(H,18,19). The molecule has 19 heavy (non-hydrogen) atoms. The normalized spacial score (nSPS) is 13.9.